The van der Waals surface area contributed by atoms with Gasteiger partial charge in [-0.3, -0.25) is 9.36 Å². The zero-order valence-corrected chi connectivity index (χ0v) is 18.3. The van der Waals surface area contributed by atoms with Gasteiger partial charge in [0.2, 0.25) is 5.13 Å². The van der Waals surface area contributed by atoms with Crippen molar-refractivity contribution in [3.63, 3.8) is 0 Å². The maximum Gasteiger partial charge on any atom is 0.259 e. The lowest BCUT2D eigenvalue weighted by atomic mass is 10.0. The first-order valence-corrected chi connectivity index (χ1v) is 10.6. The Balaban J connectivity index is 1.85. The molecule has 0 saturated heterocycles. The number of pyridine rings is 1. The fourth-order valence-electron chi connectivity index (χ4n) is 3.88. The third-order valence-electron chi connectivity index (χ3n) is 5.26. The standard InChI is InChI=1S/C21H15Cl2N5OS/c1-27-17-6-3-10(18-25-26-21(24)30-18)7-13(17)14-9-15(20(29)28(2)19(14)27)12-5-4-11(22)8-16(12)23/h3-9H,1-2H3,(H2,24,26). The van der Waals surface area contributed by atoms with Gasteiger partial charge in [-0.15, -0.1) is 10.2 Å². The molecule has 0 amide bonds. The van der Waals surface area contributed by atoms with Crippen LogP contribution in [0.15, 0.2) is 47.3 Å². The maximum atomic E-state index is 13.2. The van der Waals surface area contributed by atoms with Crippen LogP contribution in [0.4, 0.5) is 5.13 Å². The molecule has 3 aromatic heterocycles. The molecule has 2 aromatic carbocycles. The quantitative estimate of drug-likeness (QED) is 0.401. The Labute approximate surface area is 185 Å². The van der Waals surface area contributed by atoms with Crippen LogP contribution in [-0.2, 0) is 14.1 Å². The topological polar surface area (TPSA) is 78.7 Å². The number of nitrogens with zero attached hydrogens (tertiary/aromatic N) is 4. The van der Waals surface area contributed by atoms with Crippen LogP contribution >= 0.6 is 34.5 Å². The number of anilines is 1. The molecule has 150 valence electrons. The van der Waals surface area contributed by atoms with E-state index in [1.165, 1.54) is 11.3 Å². The van der Waals surface area contributed by atoms with Gasteiger partial charge in [0, 0.05) is 46.6 Å². The van der Waals surface area contributed by atoms with Gasteiger partial charge in [-0.05, 0) is 36.4 Å². The van der Waals surface area contributed by atoms with Crippen LogP contribution in [0.5, 0.6) is 0 Å². The van der Waals surface area contributed by atoms with Crippen molar-refractivity contribution in [1.82, 2.24) is 19.3 Å². The van der Waals surface area contributed by atoms with Gasteiger partial charge in [0.05, 0.1) is 10.5 Å². The minimum Gasteiger partial charge on any atom is -0.374 e. The fourth-order valence-corrected chi connectivity index (χ4v) is 4.99. The Morgan fingerprint density at radius 2 is 1.73 bits per heavy atom. The molecule has 5 aromatic rings. The molecule has 0 saturated carbocycles. The van der Waals surface area contributed by atoms with E-state index in [4.69, 9.17) is 28.9 Å². The van der Waals surface area contributed by atoms with Crippen molar-refractivity contribution >= 4 is 61.6 Å². The molecule has 6 nitrogen and oxygen atoms in total. The molecule has 30 heavy (non-hydrogen) atoms. The van der Waals surface area contributed by atoms with E-state index in [2.05, 4.69) is 16.3 Å². The van der Waals surface area contributed by atoms with Crippen LogP contribution in [0.1, 0.15) is 0 Å². The molecule has 2 N–H and O–H groups in total. The normalized spacial score (nSPS) is 11.6. The van der Waals surface area contributed by atoms with E-state index in [0.29, 0.717) is 26.3 Å². The molecule has 0 bridgehead atoms. The monoisotopic (exact) mass is 455 g/mol. The molecule has 0 aliphatic rings. The van der Waals surface area contributed by atoms with E-state index >= 15 is 0 Å². The number of halogens is 2. The summed E-state index contributed by atoms with van der Waals surface area (Å²) in [4.78, 5) is 13.2. The summed E-state index contributed by atoms with van der Waals surface area (Å²) in [7, 11) is 3.71. The van der Waals surface area contributed by atoms with Crippen molar-refractivity contribution in [2.75, 3.05) is 5.73 Å². The zero-order chi connectivity index (χ0) is 21.2. The number of aryl methyl sites for hydroxylation is 2. The van der Waals surface area contributed by atoms with Crippen LogP contribution in [0, 0.1) is 0 Å². The first-order chi connectivity index (χ1) is 14.3. The summed E-state index contributed by atoms with van der Waals surface area (Å²) < 4.78 is 3.66. The van der Waals surface area contributed by atoms with Crippen LogP contribution in [0.3, 0.4) is 0 Å². The third-order valence-corrected chi connectivity index (χ3v) is 6.61. The van der Waals surface area contributed by atoms with E-state index in [1.54, 1.807) is 29.8 Å². The summed E-state index contributed by atoms with van der Waals surface area (Å²) in [6.07, 6.45) is 0. The summed E-state index contributed by atoms with van der Waals surface area (Å²) in [5.41, 5.74) is 9.52. The van der Waals surface area contributed by atoms with Crippen molar-refractivity contribution in [1.29, 1.82) is 0 Å². The minimum atomic E-state index is -0.130. The number of hydrogen-bond donors (Lipinski definition) is 1. The molecule has 0 radical (unpaired) electrons. The molecule has 0 fully saturated rings. The number of nitrogen functional groups attached to an aromatic ring is 1. The van der Waals surface area contributed by atoms with Crippen LogP contribution < -0.4 is 11.3 Å². The van der Waals surface area contributed by atoms with Gasteiger partial charge in [-0.25, -0.2) is 0 Å². The molecule has 9 heteroatoms. The first kappa shape index (κ1) is 19.1. The lowest BCUT2D eigenvalue weighted by Gasteiger charge is -2.09. The van der Waals surface area contributed by atoms with Crippen molar-refractivity contribution < 1.29 is 0 Å². The summed E-state index contributed by atoms with van der Waals surface area (Å²) in [5, 5.41) is 12.1. The second-order valence-corrected chi connectivity index (χ2v) is 8.87. The Bertz CT molecular complexity index is 1530. The second-order valence-electron chi connectivity index (χ2n) is 7.02. The summed E-state index contributed by atoms with van der Waals surface area (Å²) in [5.74, 6) is 0. The third kappa shape index (κ3) is 2.81. The highest BCUT2D eigenvalue weighted by atomic mass is 35.5. The highest BCUT2D eigenvalue weighted by molar-refractivity contribution is 7.18. The number of aromatic nitrogens is 4. The van der Waals surface area contributed by atoms with Crippen molar-refractivity contribution in [2.24, 2.45) is 14.1 Å². The van der Waals surface area contributed by atoms with Gasteiger partial charge in [0.1, 0.15) is 10.7 Å². The molecule has 5 rings (SSSR count). The SMILES string of the molecule is Cn1c(=O)c(-c2ccc(Cl)cc2Cl)cc2c3cc(-c4nnc(N)s4)ccc3n(C)c21. The largest absolute Gasteiger partial charge is 0.374 e. The first-order valence-electron chi connectivity index (χ1n) is 9.02. The van der Waals surface area contributed by atoms with Gasteiger partial charge in [0.25, 0.3) is 5.56 Å². The van der Waals surface area contributed by atoms with Crippen LogP contribution in [-0.4, -0.2) is 19.3 Å². The lowest BCUT2D eigenvalue weighted by molar-refractivity contribution is 0.846. The van der Waals surface area contributed by atoms with Crippen LogP contribution in [0.25, 0.3) is 43.6 Å². The summed E-state index contributed by atoms with van der Waals surface area (Å²) in [6.45, 7) is 0. The minimum absolute atomic E-state index is 0.130. The van der Waals surface area contributed by atoms with E-state index in [0.717, 1.165) is 32.5 Å². The molecule has 0 aliphatic carbocycles. The number of nitrogens with two attached hydrogens (primary N) is 1. The smallest absolute Gasteiger partial charge is 0.259 e. The maximum absolute atomic E-state index is 13.2. The predicted molar refractivity (Wildman–Crippen MR) is 124 cm³/mol. The van der Waals surface area contributed by atoms with E-state index in [-0.39, 0.29) is 5.56 Å². The molecule has 0 unspecified atom stereocenters. The van der Waals surface area contributed by atoms with Gasteiger partial charge in [-0.1, -0.05) is 40.6 Å². The number of rotatable bonds is 2. The molecule has 3 heterocycles. The Morgan fingerprint density at radius 1 is 0.933 bits per heavy atom. The van der Waals surface area contributed by atoms with Gasteiger partial charge in [0.15, 0.2) is 0 Å². The zero-order valence-electron chi connectivity index (χ0n) is 16.0. The average molecular weight is 456 g/mol. The highest BCUT2D eigenvalue weighted by Gasteiger charge is 2.18. The molecular weight excluding hydrogens is 441 g/mol. The van der Waals surface area contributed by atoms with E-state index < -0.39 is 0 Å². The van der Waals surface area contributed by atoms with Crippen molar-refractivity contribution in [3.05, 3.63) is 62.9 Å². The van der Waals surface area contributed by atoms with Gasteiger partial charge < -0.3 is 10.3 Å². The highest BCUT2D eigenvalue weighted by Crippen LogP contribution is 2.35. The van der Waals surface area contributed by atoms with Gasteiger partial charge in [-0.2, -0.15) is 0 Å². The number of benzene rings is 2. The molecule has 0 atom stereocenters. The Kier molecular flexibility index (Phi) is 4.36. The second kappa shape index (κ2) is 6.84. The molecular formula is C21H15Cl2N5OS. The Morgan fingerprint density at radius 3 is 2.43 bits per heavy atom. The van der Waals surface area contributed by atoms with E-state index in [9.17, 15) is 4.79 Å². The fraction of sp³-hybridized carbons (Fsp3) is 0.0952. The van der Waals surface area contributed by atoms with Crippen molar-refractivity contribution in [3.8, 4) is 21.7 Å². The predicted octanol–water partition coefficient (Wildman–Crippen LogP) is 5.10. The average Bonchev–Trinajstić information content (AvgIpc) is 3.26. The molecule has 0 spiro atoms. The van der Waals surface area contributed by atoms with Crippen LogP contribution in [0.2, 0.25) is 10.0 Å². The van der Waals surface area contributed by atoms with Gasteiger partial charge >= 0.3 is 0 Å². The summed E-state index contributed by atoms with van der Waals surface area (Å²) >= 11 is 13.8. The number of hydrogen-bond acceptors (Lipinski definition) is 5. The molecule has 0 aliphatic heterocycles. The number of fused-ring (bicyclic) bond motifs is 3. The summed E-state index contributed by atoms with van der Waals surface area (Å²) in [6, 6.07) is 13.1. The lowest BCUT2D eigenvalue weighted by Crippen LogP contribution is -2.20. The van der Waals surface area contributed by atoms with Crippen molar-refractivity contribution in [2.45, 2.75) is 0 Å². The Hall–Kier alpha value is -2.87. The van der Waals surface area contributed by atoms with E-state index in [1.807, 2.05) is 29.8 Å².